The Hall–Kier alpha value is -1.82. The van der Waals surface area contributed by atoms with Crippen LogP contribution < -0.4 is 16.4 Å². The number of halogens is 1. The lowest BCUT2D eigenvalue weighted by Gasteiger charge is -2.04. The summed E-state index contributed by atoms with van der Waals surface area (Å²) in [5, 5.41) is 4.66. The van der Waals surface area contributed by atoms with Crippen molar-refractivity contribution >= 4 is 23.7 Å². The van der Waals surface area contributed by atoms with Crippen LogP contribution in [0.3, 0.4) is 0 Å². The lowest BCUT2D eigenvalue weighted by atomic mass is 10.3. The highest BCUT2D eigenvalue weighted by atomic mass is 35.5. The summed E-state index contributed by atoms with van der Waals surface area (Å²) in [7, 11) is 0. The second kappa shape index (κ2) is 5.16. The first kappa shape index (κ1) is 11.3. The smallest absolute Gasteiger partial charge is 0.323 e. The molecule has 0 saturated heterocycles. The molecule has 1 aromatic rings. The van der Waals surface area contributed by atoms with Crippen LogP contribution in [-0.4, -0.2) is 17.0 Å². The molecule has 6 nitrogen and oxygen atoms in total. The van der Waals surface area contributed by atoms with Gasteiger partial charge in [0, 0.05) is 12.7 Å². The zero-order chi connectivity index (χ0) is 11.3. The van der Waals surface area contributed by atoms with E-state index in [1.807, 2.05) is 5.32 Å². The topological polar surface area (TPSA) is 97.1 Å². The number of urea groups is 2. The normalized spacial score (nSPS) is 9.40. The van der Waals surface area contributed by atoms with Crippen molar-refractivity contribution in [3.63, 3.8) is 0 Å². The average molecular weight is 229 g/mol. The molecule has 0 aromatic carbocycles. The Bertz CT molecular complexity index is 365. The van der Waals surface area contributed by atoms with Crippen molar-refractivity contribution in [1.82, 2.24) is 15.6 Å². The maximum Gasteiger partial charge on any atom is 0.323 e. The predicted octanol–water partition coefficient (Wildman–Crippen LogP) is 0.613. The van der Waals surface area contributed by atoms with Crippen LogP contribution in [0.2, 0.25) is 5.15 Å². The molecule has 0 fully saturated rings. The standard InChI is InChI=1S/C8H9ClN4O2/c9-6-2-1-5(3-11-6)4-12-8(15)13-7(10)14/h1-3H,4H2,(H4,10,12,13,14,15). The van der Waals surface area contributed by atoms with Crippen LogP contribution in [-0.2, 0) is 6.54 Å². The molecule has 80 valence electrons. The summed E-state index contributed by atoms with van der Waals surface area (Å²) >= 11 is 5.57. The van der Waals surface area contributed by atoms with Crippen LogP contribution >= 0.6 is 11.6 Å². The van der Waals surface area contributed by atoms with Gasteiger partial charge < -0.3 is 11.1 Å². The van der Waals surface area contributed by atoms with E-state index < -0.39 is 12.1 Å². The van der Waals surface area contributed by atoms with Gasteiger partial charge in [-0.2, -0.15) is 0 Å². The van der Waals surface area contributed by atoms with Crippen LogP contribution in [0.15, 0.2) is 18.3 Å². The zero-order valence-electron chi connectivity index (χ0n) is 7.66. The maximum absolute atomic E-state index is 10.9. The molecule has 1 aromatic heterocycles. The number of imide groups is 1. The number of carbonyl (C=O) groups is 2. The number of nitrogens with two attached hydrogens (primary N) is 1. The van der Waals surface area contributed by atoms with Crippen molar-refractivity contribution in [1.29, 1.82) is 0 Å². The van der Waals surface area contributed by atoms with Crippen molar-refractivity contribution < 1.29 is 9.59 Å². The lowest BCUT2D eigenvalue weighted by Crippen LogP contribution is -2.41. The Balaban J connectivity index is 2.40. The number of pyridine rings is 1. The van der Waals surface area contributed by atoms with Crippen LogP contribution in [0, 0.1) is 0 Å². The van der Waals surface area contributed by atoms with E-state index in [9.17, 15) is 9.59 Å². The number of carbonyl (C=O) groups excluding carboxylic acids is 2. The van der Waals surface area contributed by atoms with Crippen molar-refractivity contribution in [2.24, 2.45) is 5.73 Å². The molecular formula is C8H9ClN4O2. The van der Waals surface area contributed by atoms with E-state index in [2.05, 4.69) is 10.3 Å². The van der Waals surface area contributed by atoms with Gasteiger partial charge >= 0.3 is 12.1 Å². The van der Waals surface area contributed by atoms with Crippen molar-refractivity contribution in [2.75, 3.05) is 0 Å². The minimum Gasteiger partial charge on any atom is -0.351 e. The largest absolute Gasteiger partial charge is 0.351 e. The average Bonchev–Trinajstić information content (AvgIpc) is 2.16. The molecule has 0 atom stereocenters. The number of primary amides is 1. The first-order chi connectivity index (χ1) is 7.08. The van der Waals surface area contributed by atoms with Gasteiger partial charge in [-0.3, -0.25) is 5.32 Å². The third kappa shape index (κ3) is 4.28. The predicted molar refractivity (Wildman–Crippen MR) is 54.2 cm³/mol. The van der Waals surface area contributed by atoms with Crippen molar-refractivity contribution in [3.8, 4) is 0 Å². The molecule has 0 radical (unpaired) electrons. The molecule has 1 rings (SSSR count). The molecule has 15 heavy (non-hydrogen) atoms. The molecule has 0 bridgehead atoms. The number of aromatic nitrogens is 1. The highest BCUT2D eigenvalue weighted by Gasteiger charge is 2.02. The van der Waals surface area contributed by atoms with Crippen LogP contribution in [0.1, 0.15) is 5.56 Å². The number of nitrogens with zero attached hydrogens (tertiary/aromatic N) is 1. The zero-order valence-corrected chi connectivity index (χ0v) is 8.41. The second-order valence-electron chi connectivity index (χ2n) is 2.66. The number of nitrogens with one attached hydrogen (secondary N) is 2. The van der Waals surface area contributed by atoms with Gasteiger partial charge in [0.05, 0.1) is 0 Å². The minimum atomic E-state index is -0.901. The minimum absolute atomic E-state index is 0.239. The molecule has 7 heteroatoms. The van der Waals surface area contributed by atoms with E-state index in [-0.39, 0.29) is 6.54 Å². The molecule has 0 aliphatic carbocycles. The fourth-order valence-electron chi connectivity index (χ4n) is 0.849. The van der Waals surface area contributed by atoms with Gasteiger partial charge in [0.15, 0.2) is 0 Å². The number of hydrogen-bond donors (Lipinski definition) is 3. The van der Waals surface area contributed by atoms with Gasteiger partial charge in [-0.15, -0.1) is 0 Å². The summed E-state index contributed by atoms with van der Waals surface area (Å²) in [5.74, 6) is 0. The third-order valence-corrected chi connectivity index (χ3v) is 1.70. The fourth-order valence-corrected chi connectivity index (χ4v) is 0.961. The van der Waals surface area contributed by atoms with Crippen molar-refractivity contribution in [2.45, 2.75) is 6.54 Å². The van der Waals surface area contributed by atoms with Gasteiger partial charge in [-0.05, 0) is 11.6 Å². The van der Waals surface area contributed by atoms with Gasteiger partial charge in [0.25, 0.3) is 0 Å². The number of hydrogen-bond acceptors (Lipinski definition) is 3. The highest BCUT2D eigenvalue weighted by molar-refractivity contribution is 6.29. The second-order valence-corrected chi connectivity index (χ2v) is 3.05. The third-order valence-electron chi connectivity index (χ3n) is 1.48. The molecule has 0 unspecified atom stereocenters. The Morgan fingerprint density at radius 3 is 2.73 bits per heavy atom. The summed E-state index contributed by atoms with van der Waals surface area (Å²) < 4.78 is 0. The molecule has 0 spiro atoms. The summed E-state index contributed by atoms with van der Waals surface area (Å²) in [6.07, 6.45) is 1.52. The molecule has 4 N–H and O–H groups in total. The molecule has 0 aliphatic heterocycles. The highest BCUT2D eigenvalue weighted by Crippen LogP contribution is 2.04. The Morgan fingerprint density at radius 1 is 1.47 bits per heavy atom. The van der Waals surface area contributed by atoms with E-state index in [4.69, 9.17) is 17.3 Å². The monoisotopic (exact) mass is 228 g/mol. The summed E-state index contributed by atoms with van der Waals surface area (Å²) in [6.45, 7) is 0.239. The lowest BCUT2D eigenvalue weighted by molar-refractivity contribution is 0.231. The SMILES string of the molecule is NC(=O)NC(=O)NCc1ccc(Cl)nc1. The van der Waals surface area contributed by atoms with E-state index in [0.29, 0.717) is 5.15 Å². The summed E-state index contributed by atoms with van der Waals surface area (Å²) in [6, 6.07) is 1.75. The molecule has 0 aliphatic rings. The van der Waals surface area contributed by atoms with E-state index in [0.717, 1.165) is 5.56 Å². The first-order valence-electron chi connectivity index (χ1n) is 4.02. The van der Waals surface area contributed by atoms with Crippen LogP contribution in [0.5, 0.6) is 0 Å². The van der Waals surface area contributed by atoms with E-state index >= 15 is 0 Å². The fraction of sp³-hybridized carbons (Fsp3) is 0.125. The molecule has 1 heterocycles. The maximum atomic E-state index is 10.9. The van der Waals surface area contributed by atoms with Crippen molar-refractivity contribution in [3.05, 3.63) is 29.0 Å². The number of amides is 4. The van der Waals surface area contributed by atoms with E-state index in [1.165, 1.54) is 6.20 Å². The Kier molecular flexibility index (Phi) is 3.87. The van der Waals surface area contributed by atoms with Gasteiger partial charge in [0.2, 0.25) is 0 Å². The van der Waals surface area contributed by atoms with Crippen LogP contribution in [0.4, 0.5) is 9.59 Å². The van der Waals surface area contributed by atoms with Crippen LogP contribution in [0.25, 0.3) is 0 Å². The Labute approximate surface area is 90.8 Å². The van der Waals surface area contributed by atoms with E-state index in [1.54, 1.807) is 12.1 Å². The summed E-state index contributed by atoms with van der Waals surface area (Å²) in [4.78, 5) is 25.0. The quantitative estimate of drug-likeness (QED) is 0.647. The van der Waals surface area contributed by atoms with Gasteiger partial charge in [0.1, 0.15) is 5.15 Å². The molecule has 0 saturated carbocycles. The van der Waals surface area contributed by atoms with Gasteiger partial charge in [-0.25, -0.2) is 14.6 Å². The Morgan fingerprint density at radius 2 is 2.20 bits per heavy atom. The van der Waals surface area contributed by atoms with Gasteiger partial charge in [-0.1, -0.05) is 17.7 Å². The molecular weight excluding hydrogens is 220 g/mol. The number of rotatable bonds is 2. The molecule has 4 amide bonds. The first-order valence-corrected chi connectivity index (χ1v) is 4.40. The summed E-state index contributed by atoms with van der Waals surface area (Å²) in [5.41, 5.74) is 5.50.